The number of fused-ring (bicyclic) bond motifs is 1. The molecular weight excluding hydrogens is 321 g/mol. The Morgan fingerprint density at radius 1 is 1.00 bits per heavy atom. The number of hydrogen-bond acceptors (Lipinski definition) is 2. The Balaban J connectivity index is 2.21. The summed E-state index contributed by atoms with van der Waals surface area (Å²) >= 11 is 20.0. The molecule has 96 valence electrons. The number of aryl methyl sites for hydroxylation is 1. The highest BCUT2D eigenvalue weighted by atomic mass is 35.5. The lowest BCUT2D eigenvalue weighted by Gasteiger charge is -2.07. The lowest BCUT2D eigenvalue weighted by atomic mass is 10.1. The van der Waals surface area contributed by atoms with Crippen LogP contribution in [0, 0.1) is 6.92 Å². The van der Waals surface area contributed by atoms with Gasteiger partial charge in [-0.15, -0.1) is 11.3 Å². The van der Waals surface area contributed by atoms with Gasteiger partial charge in [-0.2, -0.15) is 0 Å². The van der Waals surface area contributed by atoms with E-state index in [-0.39, 0.29) is 0 Å². The van der Waals surface area contributed by atoms with Gasteiger partial charge in [0.05, 0.1) is 30.3 Å². The van der Waals surface area contributed by atoms with Gasteiger partial charge in [-0.05, 0) is 30.7 Å². The molecule has 0 atom stereocenters. The van der Waals surface area contributed by atoms with Gasteiger partial charge in [-0.25, -0.2) is 4.98 Å². The Labute approximate surface area is 129 Å². The van der Waals surface area contributed by atoms with Gasteiger partial charge in [0.15, 0.2) is 0 Å². The molecule has 0 saturated heterocycles. The van der Waals surface area contributed by atoms with E-state index >= 15 is 0 Å². The Kier molecular flexibility index (Phi) is 3.44. The fourth-order valence-corrected chi connectivity index (χ4v) is 3.41. The summed E-state index contributed by atoms with van der Waals surface area (Å²) < 4.78 is 1.16. The second-order valence-electron chi connectivity index (χ2n) is 4.14. The van der Waals surface area contributed by atoms with Crippen LogP contribution in [0.2, 0.25) is 15.1 Å². The molecule has 0 spiro atoms. The Morgan fingerprint density at radius 2 is 1.79 bits per heavy atom. The largest absolute Gasteiger partial charge is 0.241 e. The van der Waals surface area contributed by atoms with E-state index in [4.69, 9.17) is 34.8 Å². The smallest absolute Gasteiger partial charge is 0.0907 e. The van der Waals surface area contributed by atoms with E-state index in [1.807, 2.05) is 31.2 Å². The molecule has 0 aliphatic heterocycles. The highest BCUT2D eigenvalue weighted by Gasteiger charge is 2.11. The normalized spacial score (nSPS) is 11.2. The quantitative estimate of drug-likeness (QED) is 0.482. The number of thiazole rings is 1. The van der Waals surface area contributed by atoms with Crippen molar-refractivity contribution in [1.82, 2.24) is 4.98 Å². The van der Waals surface area contributed by atoms with E-state index in [1.165, 1.54) is 0 Å². The molecule has 3 aromatic rings. The minimum atomic E-state index is 0.385. The van der Waals surface area contributed by atoms with E-state index in [2.05, 4.69) is 4.98 Å². The van der Waals surface area contributed by atoms with Crippen LogP contribution in [0.1, 0.15) is 5.01 Å². The Hall–Kier alpha value is -0.800. The first-order chi connectivity index (χ1) is 9.06. The third-order valence-corrected chi connectivity index (χ3v) is 5.09. The molecule has 1 aromatic heterocycles. The molecule has 0 radical (unpaired) electrons. The van der Waals surface area contributed by atoms with Crippen LogP contribution in [0.15, 0.2) is 30.3 Å². The molecule has 0 bridgehead atoms. The molecule has 3 rings (SSSR count). The lowest BCUT2D eigenvalue weighted by Crippen LogP contribution is -1.82. The predicted molar refractivity (Wildman–Crippen MR) is 84.8 cm³/mol. The van der Waals surface area contributed by atoms with Gasteiger partial charge < -0.3 is 0 Å². The van der Waals surface area contributed by atoms with Gasteiger partial charge in [-0.1, -0.05) is 46.9 Å². The topological polar surface area (TPSA) is 12.9 Å². The summed E-state index contributed by atoms with van der Waals surface area (Å²) in [6.45, 7) is 2.00. The van der Waals surface area contributed by atoms with Gasteiger partial charge in [0.1, 0.15) is 0 Å². The summed E-state index contributed by atoms with van der Waals surface area (Å²) in [6.07, 6.45) is 0. The summed E-state index contributed by atoms with van der Waals surface area (Å²) in [7, 11) is 0. The first kappa shape index (κ1) is 13.2. The van der Waals surface area contributed by atoms with Crippen molar-refractivity contribution in [3.63, 3.8) is 0 Å². The van der Waals surface area contributed by atoms with Crippen LogP contribution in [-0.4, -0.2) is 4.98 Å². The van der Waals surface area contributed by atoms with Crippen LogP contribution in [0.25, 0.3) is 21.3 Å². The van der Waals surface area contributed by atoms with Crippen molar-refractivity contribution in [3.8, 4) is 11.1 Å². The summed E-state index contributed by atoms with van der Waals surface area (Å²) in [6, 6.07) is 9.71. The van der Waals surface area contributed by atoms with Crippen molar-refractivity contribution in [1.29, 1.82) is 0 Å². The van der Waals surface area contributed by atoms with Gasteiger partial charge in [0.2, 0.25) is 0 Å². The number of benzene rings is 2. The van der Waals surface area contributed by atoms with Crippen LogP contribution in [0.5, 0.6) is 0 Å². The third kappa shape index (κ3) is 2.34. The highest BCUT2D eigenvalue weighted by Crippen LogP contribution is 2.39. The van der Waals surface area contributed by atoms with Crippen molar-refractivity contribution >= 4 is 56.4 Å². The molecule has 0 saturated carbocycles. The molecule has 0 amide bonds. The molecule has 0 fully saturated rings. The van der Waals surface area contributed by atoms with Gasteiger partial charge >= 0.3 is 0 Å². The Bertz CT molecular complexity index is 780. The maximum absolute atomic E-state index is 6.26. The third-order valence-electron chi connectivity index (χ3n) is 2.84. The summed E-state index contributed by atoms with van der Waals surface area (Å²) in [4.78, 5) is 4.49. The van der Waals surface area contributed by atoms with Crippen LogP contribution >= 0.6 is 46.1 Å². The van der Waals surface area contributed by atoms with Crippen molar-refractivity contribution in [2.45, 2.75) is 6.92 Å². The standard InChI is InChI=1S/C14H8Cl3NS/c1-7-18-11-6-8(2-5-12(11)19-7)9-3-4-10(15)14(17)13(9)16/h2-6H,1H3. The van der Waals surface area contributed by atoms with E-state index in [0.29, 0.717) is 15.1 Å². The molecule has 19 heavy (non-hydrogen) atoms. The summed E-state index contributed by atoms with van der Waals surface area (Å²) in [5.74, 6) is 0. The van der Waals surface area contributed by atoms with Crippen molar-refractivity contribution in [2.75, 3.05) is 0 Å². The number of aromatic nitrogens is 1. The van der Waals surface area contributed by atoms with E-state index in [0.717, 1.165) is 26.4 Å². The fraction of sp³-hybridized carbons (Fsp3) is 0.0714. The molecule has 0 aliphatic rings. The first-order valence-corrected chi connectivity index (χ1v) is 7.52. The first-order valence-electron chi connectivity index (χ1n) is 5.57. The summed E-state index contributed by atoms with van der Waals surface area (Å²) in [5.41, 5.74) is 2.83. The van der Waals surface area contributed by atoms with E-state index in [1.54, 1.807) is 17.4 Å². The molecule has 2 aromatic carbocycles. The Morgan fingerprint density at radius 3 is 2.58 bits per heavy atom. The zero-order valence-corrected chi connectivity index (χ0v) is 13.0. The van der Waals surface area contributed by atoms with Gasteiger partial charge in [-0.3, -0.25) is 0 Å². The SMILES string of the molecule is Cc1nc2cc(-c3ccc(Cl)c(Cl)c3Cl)ccc2s1. The number of hydrogen-bond donors (Lipinski definition) is 0. The molecule has 0 aliphatic carbocycles. The second kappa shape index (κ2) is 4.95. The monoisotopic (exact) mass is 327 g/mol. The number of halogens is 3. The predicted octanol–water partition coefficient (Wildman–Crippen LogP) is 6.23. The van der Waals surface area contributed by atoms with E-state index in [9.17, 15) is 0 Å². The van der Waals surface area contributed by atoms with Crippen LogP contribution in [0.4, 0.5) is 0 Å². The maximum atomic E-state index is 6.26. The van der Waals surface area contributed by atoms with Gasteiger partial charge in [0.25, 0.3) is 0 Å². The number of rotatable bonds is 1. The van der Waals surface area contributed by atoms with Crippen LogP contribution in [0.3, 0.4) is 0 Å². The average Bonchev–Trinajstić information content (AvgIpc) is 2.75. The molecule has 1 heterocycles. The minimum absolute atomic E-state index is 0.385. The molecule has 5 heteroatoms. The van der Waals surface area contributed by atoms with Crippen molar-refractivity contribution in [3.05, 3.63) is 50.4 Å². The molecule has 0 N–H and O–H groups in total. The number of nitrogens with zero attached hydrogens (tertiary/aromatic N) is 1. The summed E-state index contributed by atoms with van der Waals surface area (Å²) in [5, 5.41) is 2.37. The molecule has 1 nitrogen and oxygen atoms in total. The second-order valence-corrected chi connectivity index (χ2v) is 6.54. The van der Waals surface area contributed by atoms with Gasteiger partial charge in [0, 0.05) is 5.56 Å². The van der Waals surface area contributed by atoms with Crippen molar-refractivity contribution in [2.24, 2.45) is 0 Å². The average molecular weight is 329 g/mol. The lowest BCUT2D eigenvalue weighted by molar-refractivity contribution is 1.35. The van der Waals surface area contributed by atoms with Crippen LogP contribution < -0.4 is 0 Å². The zero-order valence-electron chi connectivity index (χ0n) is 9.88. The maximum Gasteiger partial charge on any atom is 0.0907 e. The fourth-order valence-electron chi connectivity index (χ4n) is 1.96. The van der Waals surface area contributed by atoms with E-state index < -0.39 is 0 Å². The highest BCUT2D eigenvalue weighted by molar-refractivity contribution is 7.18. The zero-order chi connectivity index (χ0) is 13.6. The molecular formula is C14H8Cl3NS. The van der Waals surface area contributed by atoms with Crippen LogP contribution in [-0.2, 0) is 0 Å². The molecule has 0 unspecified atom stereocenters. The minimum Gasteiger partial charge on any atom is -0.241 e. The van der Waals surface area contributed by atoms with Crippen molar-refractivity contribution < 1.29 is 0 Å².